The van der Waals surface area contributed by atoms with Gasteiger partial charge in [-0.05, 0) is 19.1 Å². The van der Waals surface area contributed by atoms with Crippen LogP contribution in [0.4, 0.5) is 11.5 Å². The highest BCUT2D eigenvalue weighted by Gasteiger charge is 2.24. The zero-order valence-corrected chi connectivity index (χ0v) is 10.5. The maximum atomic E-state index is 9.34. The van der Waals surface area contributed by atoms with Gasteiger partial charge in [0.25, 0.3) is 0 Å². The lowest BCUT2D eigenvalue weighted by molar-refractivity contribution is 0.0722. The monoisotopic (exact) mass is 253 g/mol. The van der Waals surface area contributed by atoms with Crippen LogP contribution in [-0.4, -0.2) is 49.1 Å². The van der Waals surface area contributed by atoms with Gasteiger partial charge in [-0.3, -0.25) is 0 Å². The minimum atomic E-state index is -0.0654. The molecule has 0 spiro atoms. The van der Waals surface area contributed by atoms with Gasteiger partial charge in [0, 0.05) is 6.54 Å². The van der Waals surface area contributed by atoms with E-state index >= 15 is 0 Å². The number of ether oxygens (including phenoxy) is 2. The number of anilines is 2. The summed E-state index contributed by atoms with van der Waals surface area (Å²) in [5.41, 5.74) is 6.31. The molecule has 1 atom stereocenters. The molecule has 18 heavy (non-hydrogen) atoms. The molecule has 1 aliphatic heterocycles. The van der Waals surface area contributed by atoms with Crippen LogP contribution in [0.5, 0.6) is 5.88 Å². The van der Waals surface area contributed by atoms with Gasteiger partial charge in [0.15, 0.2) is 0 Å². The van der Waals surface area contributed by atoms with E-state index in [2.05, 4.69) is 4.98 Å². The highest BCUT2D eigenvalue weighted by atomic mass is 16.5. The number of aliphatic hydroxyl groups excluding tert-OH is 1. The summed E-state index contributed by atoms with van der Waals surface area (Å²) < 4.78 is 10.7. The van der Waals surface area contributed by atoms with E-state index in [0.29, 0.717) is 37.9 Å². The molecule has 100 valence electrons. The van der Waals surface area contributed by atoms with Crippen molar-refractivity contribution in [2.24, 2.45) is 0 Å². The molecule has 0 aromatic carbocycles. The van der Waals surface area contributed by atoms with Gasteiger partial charge in [-0.25, -0.2) is 0 Å². The largest absolute Gasteiger partial charge is 0.476 e. The number of hydrogen-bond acceptors (Lipinski definition) is 6. The number of pyridine rings is 1. The van der Waals surface area contributed by atoms with Gasteiger partial charge in [0.2, 0.25) is 5.88 Å². The van der Waals surface area contributed by atoms with Gasteiger partial charge in [-0.2, -0.15) is 4.98 Å². The summed E-state index contributed by atoms with van der Waals surface area (Å²) in [6.45, 7) is 4.29. The van der Waals surface area contributed by atoms with Crippen LogP contribution in [0.2, 0.25) is 0 Å². The molecule has 2 rings (SSSR count). The third kappa shape index (κ3) is 2.65. The zero-order chi connectivity index (χ0) is 13.0. The molecule has 0 amide bonds. The Morgan fingerprint density at radius 3 is 3.17 bits per heavy atom. The first-order valence-corrected chi connectivity index (χ1v) is 6.10. The van der Waals surface area contributed by atoms with E-state index in [9.17, 15) is 5.11 Å². The predicted octanol–water partition coefficient (Wildman–Crippen LogP) is 0.260. The van der Waals surface area contributed by atoms with Crippen LogP contribution in [0.15, 0.2) is 12.1 Å². The summed E-state index contributed by atoms with van der Waals surface area (Å²) >= 11 is 0. The standard InChI is InChI=1S/C12H19N3O3/c1-2-18-12-10(13)3-4-11(14-12)15-5-6-17-8-9(15)7-16/h3-4,9,16H,2,5-8,13H2,1H3. The number of aromatic nitrogens is 1. The number of aliphatic hydroxyl groups is 1. The zero-order valence-electron chi connectivity index (χ0n) is 10.5. The van der Waals surface area contributed by atoms with Crippen LogP contribution in [0.1, 0.15) is 6.92 Å². The molecule has 0 aliphatic carbocycles. The van der Waals surface area contributed by atoms with Crippen molar-refractivity contribution in [2.75, 3.05) is 43.6 Å². The van der Waals surface area contributed by atoms with Gasteiger partial charge in [-0.15, -0.1) is 0 Å². The second-order valence-electron chi connectivity index (χ2n) is 4.10. The lowest BCUT2D eigenvalue weighted by Gasteiger charge is -2.35. The van der Waals surface area contributed by atoms with Gasteiger partial charge in [-0.1, -0.05) is 0 Å². The number of nitrogen functional groups attached to an aromatic ring is 1. The fraction of sp³-hybridized carbons (Fsp3) is 0.583. The van der Waals surface area contributed by atoms with E-state index in [1.54, 1.807) is 6.07 Å². The molecule has 0 radical (unpaired) electrons. The molecule has 0 saturated carbocycles. The Morgan fingerprint density at radius 2 is 2.44 bits per heavy atom. The van der Waals surface area contributed by atoms with Crippen molar-refractivity contribution in [1.82, 2.24) is 4.98 Å². The maximum absolute atomic E-state index is 9.34. The molecular formula is C12H19N3O3. The quantitative estimate of drug-likeness (QED) is 0.801. The van der Waals surface area contributed by atoms with Crippen molar-refractivity contribution >= 4 is 11.5 Å². The second kappa shape index (κ2) is 5.88. The predicted molar refractivity (Wildman–Crippen MR) is 68.9 cm³/mol. The summed E-state index contributed by atoms with van der Waals surface area (Å²) in [5, 5.41) is 9.34. The lowest BCUT2D eigenvalue weighted by atomic mass is 10.2. The van der Waals surface area contributed by atoms with Crippen molar-refractivity contribution in [3.63, 3.8) is 0 Å². The summed E-state index contributed by atoms with van der Waals surface area (Å²) in [6, 6.07) is 3.55. The minimum Gasteiger partial charge on any atom is -0.476 e. The molecule has 0 bridgehead atoms. The van der Waals surface area contributed by atoms with Crippen molar-refractivity contribution in [2.45, 2.75) is 13.0 Å². The molecule has 1 aromatic heterocycles. The van der Waals surface area contributed by atoms with Gasteiger partial charge in [0.05, 0.1) is 38.2 Å². The van der Waals surface area contributed by atoms with Crippen LogP contribution in [0.3, 0.4) is 0 Å². The van der Waals surface area contributed by atoms with Crippen molar-refractivity contribution < 1.29 is 14.6 Å². The van der Waals surface area contributed by atoms with Gasteiger partial charge in [0.1, 0.15) is 5.82 Å². The lowest BCUT2D eigenvalue weighted by Crippen LogP contribution is -2.48. The van der Waals surface area contributed by atoms with Crippen molar-refractivity contribution in [3.8, 4) is 5.88 Å². The number of rotatable bonds is 4. The van der Waals surface area contributed by atoms with E-state index in [-0.39, 0.29) is 12.6 Å². The van der Waals surface area contributed by atoms with E-state index < -0.39 is 0 Å². The fourth-order valence-corrected chi connectivity index (χ4v) is 1.96. The fourth-order valence-electron chi connectivity index (χ4n) is 1.96. The number of nitrogens with two attached hydrogens (primary N) is 1. The minimum absolute atomic E-state index is 0.0377. The third-order valence-electron chi connectivity index (χ3n) is 2.89. The van der Waals surface area contributed by atoms with E-state index in [1.165, 1.54) is 0 Å². The third-order valence-corrected chi connectivity index (χ3v) is 2.89. The van der Waals surface area contributed by atoms with Crippen molar-refractivity contribution in [3.05, 3.63) is 12.1 Å². The number of morpholine rings is 1. The summed E-state index contributed by atoms with van der Waals surface area (Å²) in [6.07, 6.45) is 0. The molecule has 1 aliphatic rings. The first-order chi connectivity index (χ1) is 8.76. The van der Waals surface area contributed by atoms with Gasteiger partial charge < -0.3 is 25.2 Å². The second-order valence-corrected chi connectivity index (χ2v) is 4.10. The Labute approximate surface area is 106 Å². The first kappa shape index (κ1) is 12.9. The van der Waals surface area contributed by atoms with Gasteiger partial charge >= 0.3 is 0 Å². The maximum Gasteiger partial charge on any atom is 0.239 e. The molecule has 1 fully saturated rings. The summed E-state index contributed by atoms with van der Waals surface area (Å²) in [7, 11) is 0. The molecule has 1 saturated heterocycles. The van der Waals surface area contributed by atoms with Crippen LogP contribution in [-0.2, 0) is 4.74 Å². The highest BCUT2D eigenvalue weighted by Crippen LogP contribution is 2.25. The average molecular weight is 253 g/mol. The molecule has 1 aromatic rings. The molecule has 2 heterocycles. The Kier molecular flexibility index (Phi) is 4.22. The Bertz CT molecular complexity index is 400. The highest BCUT2D eigenvalue weighted by molar-refractivity contribution is 5.55. The number of nitrogens with zero attached hydrogens (tertiary/aromatic N) is 2. The van der Waals surface area contributed by atoms with Crippen LogP contribution >= 0.6 is 0 Å². The summed E-state index contributed by atoms with van der Waals surface area (Å²) in [4.78, 5) is 6.42. The SMILES string of the molecule is CCOc1nc(N2CCOCC2CO)ccc1N. The van der Waals surface area contributed by atoms with Crippen LogP contribution in [0.25, 0.3) is 0 Å². The smallest absolute Gasteiger partial charge is 0.239 e. The van der Waals surface area contributed by atoms with E-state index in [1.807, 2.05) is 17.9 Å². The van der Waals surface area contributed by atoms with Crippen LogP contribution in [0, 0.1) is 0 Å². The van der Waals surface area contributed by atoms with Crippen molar-refractivity contribution in [1.29, 1.82) is 0 Å². The number of hydrogen-bond donors (Lipinski definition) is 2. The molecule has 6 nitrogen and oxygen atoms in total. The first-order valence-electron chi connectivity index (χ1n) is 6.10. The molecule has 3 N–H and O–H groups in total. The summed E-state index contributed by atoms with van der Waals surface area (Å²) in [5.74, 6) is 1.20. The van der Waals surface area contributed by atoms with E-state index in [4.69, 9.17) is 15.2 Å². The Hall–Kier alpha value is -1.53. The Balaban J connectivity index is 2.23. The molecular weight excluding hydrogens is 234 g/mol. The normalized spacial score (nSPS) is 19.9. The topological polar surface area (TPSA) is 80.8 Å². The van der Waals surface area contributed by atoms with Crippen LogP contribution < -0.4 is 15.4 Å². The van der Waals surface area contributed by atoms with E-state index in [0.717, 1.165) is 5.82 Å². The average Bonchev–Trinajstić information content (AvgIpc) is 2.41. The molecule has 1 unspecified atom stereocenters. The molecule has 6 heteroatoms. The Morgan fingerprint density at radius 1 is 1.61 bits per heavy atom.